The third-order valence-corrected chi connectivity index (χ3v) is 5.01. The van der Waals surface area contributed by atoms with Crippen LogP contribution in [0.1, 0.15) is 50.7 Å². The Morgan fingerprint density at radius 2 is 1.71 bits per heavy atom. The molecule has 0 heterocycles. The van der Waals surface area contributed by atoms with Crippen LogP contribution in [0.5, 0.6) is 0 Å². The average Bonchev–Trinajstić information content (AvgIpc) is 2.73. The first kappa shape index (κ1) is 21.7. The molecule has 28 heavy (non-hydrogen) atoms. The first-order valence-corrected chi connectivity index (χ1v) is 10.1. The Bertz CT molecular complexity index is 835. The maximum atomic E-state index is 12.8. The Morgan fingerprint density at radius 3 is 2.29 bits per heavy atom. The van der Waals surface area contributed by atoms with Crippen LogP contribution in [0.3, 0.4) is 0 Å². The number of esters is 1. The molecule has 146 valence electrons. The molecular formula is C24H26ClNO2. The molecule has 0 N–H and O–H groups in total. The van der Waals surface area contributed by atoms with Crippen LogP contribution in [0, 0.1) is 17.2 Å². The van der Waals surface area contributed by atoms with E-state index >= 15 is 0 Å². The van der Waals surface area contributed by atoms with Crippen molar-refractivity contribution in [1.82, 2.24) is 0 Å². The van der Waals surface area contributed by atoms with Crippen LogP contribution in [0.25, 0.3) is 5.57 Å². The van der Waals surface area contributed by atoms with Gasteiger partial charge in [0.05, 0.1) is 6.61 Å². The first-order chi connectivity index (χ1) is 13.6. The fourth-order valence-electron chi connectivity index (χ4n) is 3.04. The molecule has 0 fully saturated rings. The van der Waals surface area contributed by atoms with Gasteiger partial charge >= 0.3 is 5.97 Å². The number of nitrogens with zero attached hydrogens (tertiary/aromatic N) is 1. The van der Waals surface area contributed by atoms with Crippen molar-refractivity contribution in [3.05, 3.63) is 76.3 Å². The van der Waals surface area contributed by atoms with Crippen LogP contribution in [-0.4, -0.2) is 12.6 Å². The standard InChI is InChI=1S/C24H26ClNO2/c1-3-5-9-18(4-2)17-28-24(27)22(16-26)23(19-10-7-6-8-11-19)20-12-14-21(25)15-13-20/h6-8,10-15,18H,3-5,9,17H2,1-2H3/b23-22-. The van der Waals surface area contributed by atoms with Gasteiger partial charge in [0.15, 0.2) is 0 Å². The quantitative estimate of drug-likeness (QED) is 0.279. The van der Waals surface area contributed by atoms with Crippen LogP contribution in [0.2, 0.25) is 5.02 Å². The summed E-state index contributed by atoms with van der Waals surface area (Å²) in [4.78, 5) is 12.8. The van der Waals surface area contributed by atoms with Gasteiger partial charge in [-0.15, -0.1) is 0 Å². The van der Waals surface area contributed by atoms with E-state index in [0.29, 0.717) is 23.1 Å². The Balaban J connectivity index is 2.37. The molecule has 0 saturated heterocycles. The predicted octanol–water partition coefficient (Wildman–Crippen LogP) is 6.43. The summed E-state index contributed by atoms with van der Waals surface area (Å²) < 4.78 is 5.55. The lowest BCUT2D eigenvalue weighted by atomic mass is 9.93. The van der Waals surface area contributed by atoms with Crippen LogP contribution >= 0.6 is 11.6 Å². The van der Waals surface area contributed by atoms with Gasteiger partial charge in [-0.25, -0.2) is 4.79 Å². The maximum Gasteiger partial charge on any atom is 0.349 e. The summed E-state index contributed by atoms with van der Waals surface area (Å²) >= 11 is 6.01. The summed E-state index contributed by atoms with van der Waals surface area (Å²) in [7, 11) is 0. The van der Waals surface area contributed by atoms with E-state index in [-0.39, 0.29) is 5.57 Å². The van der Waals surface area contributed by atoms with Gasteiger partial charge in [-0.2, -0.15) is 5.26 Å². The van der Waals surface area contributed by atoms with Crippen LogP contribution < -0.4 is 0 Å². The van der Waals surface area contributed by atoms with Gasteiger partial charge in [0.2, 0.25) is 0 Å². The maximum absolute atomic E-state index is 12.8. The Labute approximate surface area is 172 Å². The van der Waals surface area contributed by atoms with Crippen molar-refractivity contribution in [2.45, 2.75) is 39.5 Å². The molecule has 3 nitrogen and oxygen atoms in total. The lowest BCUT2D eigenvalue weighted by molar-refractivity contribution is -0.139. The Hall–Kier alpha value is -2.57. The van der Waals surface area contributed by atoms with Gasteiger partial charge in [0.1, 0.15) is 11.6 Å². The largest absolute Gasteiger partial charge is 0.461 e. The number of halogens is 1. The molecule has 0 amide bonds. The first-order valence-electron chi connectivity index (χ1n) is 9.73. The second-order valence-electron chi connectivity index (χ2n) is 6.75. The molecule has 1 unspecified atom stereocenters. The molecular weight excluding hydrogens is 370 g/mol. The molecule has 0 saturated carbocycles. The Morgan fingerprint density at radius 1 is 1.07 bits per heavy atom. The van der Waals surface area contributed by atoms with Crippen molar-refractivity contribution in [2.75, 3.05) is 6.61 Å². The van der Waals surface area contributed by atoms with Crippen LogP contribution in [0.15, 0.2) is 60.2 Å². The number of unbranched alkanes of at least 4 members (excludes halogenated alkanes) is 1. The summed E-state index contributed by atoms with van der Waals surface area (Å²) in [6.45, 7) is 4.58. The minimum absolute atomic E-state index is 0.0128. The molecule has 2 aromatic carbocycles. The second-order valence-corrected chi connectivity index (χ2v) is 7.19. The molecule has 0 aromatic heterocycles. The highest BCUT2D eigenvalue weighted by atomic mass is 35.5. The molecule has 0 aliphatic rings. The van der Waals surface area contributed by atoms with Gasteiger partial charge in [0.25, 0.3) is 0 Å². The van der Waals surface area contributed by atoms with E-state index in [1.165, 1.54) is 0 Å². The molecule has 0 aliphatic carbocycles. The number of rotatable bonds is 9. The number of benzene rings is 2. The second kappa shape index (κ2) is 11.3. The van der Waals surface area contributed by atoms with Gasteiger partial charge in [-0.1, -0.05) is 87.2 Å². The van der Waals surface area contributed by atoms with Crippen molar-refractivity contribution < 1.29 is 9.53 Å². The van der Waals surface area contributed by atoms with E-state index in [1.54, 1.807) is 12.1 Å². The Kier molecular flexibility index (Phi) is 8.78. The third-order valence-electron chi connectivity index (χ3n) is 4.75. The summed E-state index contributed by atoms with van der Waals surface area (Å²) in [5.41, 5.74) is 2.11. The lowest BCUT2D eigenvalue weighted by Gasteiger charge is -2.16. The van der Waals surface area contributed by atoms with E-state index in [0.717, 1.165) is 36.8 Å². The zero-order valence-corrected chi connectivity index (χ0v) is 17.2. The lowest BCUT2D eigenvalue weighted by Crippen LogP contribution is -2.16. The van der Waals surface area contributed by atoms with Gasteiger partial charge < -0.3 is 4.74 Å². The van der Waals surface area contributed by atoms with Crippen LogP contribution in [-0.2, 0) is 9.53 Å². The topological polar surface area (TPSA) is 50.1 Å². The molecule has 0 radical (unpaired) electrons. The van der Waals surface area contributed by atoms with Gasteiger partial charge in [0, 0.05) is 10.6 Å². The predicted molar refractivity (Wildman–Crippen MR) is 114 cm³/mol. The monoisotopic (exact) mass is 395 g/mol. The fraction of sp³-hybridized carbons (Fsp3) is 0.333. The average molecular weight is 396 g/mol. The van der Waals surface area contributed by atoms with Crippen molar-refractivity contribution >= 4 is 23.1 Å². The number of nitriles is 1. The molecule has 0 bridgehead atoms. The summed E-state index contributed by atoms with van der Waals surface area (Å²) in [5, 5.41) is 10.4. The smallest absolute Gasteiger partial charge is 0.349 e. The zero-order valence-electron chi connectivity index (χ0n) is 16.5. The van der Waals surface area contributed by atoms with Gasteiger partial charge in [-0.3, -0.25) is 0 Å². The number of carbonyl (C=O) groups excluding carboxylic acids is 1. The van der Waals surface area contributed by atoms with Crippen molar-refractivity contribution in [3.8, 4) is 6.07 Å². The summed E-state index contributed by atoms with van der Waals surface area (Å²) in [6, 6.07) is 18.6. The molecule has 2 rings (SSSR count). The normalized spacial score (nSPS) is 12.6. The SMILES string of the molecule is CCCCC(CC)COC(=O)/C(C#N)=C(/c1ccccc1)c1ccc(Cl)cc1. The fourth-order valence-corrected chi connectivity index (χ4v) is 3.17. The zero-order chi connectivity index (χ0) is 20.4. The number of ether oxygens (including phenoxy) is 1. The summed E-state index contributed by atoms with van der Waals surface area (Å²) in [5.74, 6) is -0.259. The molecule has 2 aromatic rings. The molecule has 4 heteroatoms. The third kappa shape index (κ3) is 5.97. The highest BCUT2D eigenvalue weighted by molar-refractivity contribution is 6.30. The molecule has 1 atom stereocenters. The summed E-state index contributed by atoms with van der Waals surface area (Å²) in [6.07, 6.45) is 4.19. The van der Waals surface area contributed by atoms with Gasteiger partial charge in [-0.05, 0) is 35.6 Å². The number of carbonyl (C=O) groups is 1. The number of hydrogen-bond donors (Lipinski definition) is 0. The van der Waals surface area contributed by atoms with E-state index in [9.17, 15) is 10.1 Å². The van der Waals surface area contributed by atoms with Crippen molar-refractivity contribution in [2.24, 2.45) is 5.92 Å². The minimum atomic E-state index is -0.578. The van der Waals surface area contributed by atoms with Crippen molar-refractivity contribution in [3.63, 3.8) is 0 Å². The van der Waals surface area contributed by atoms with E-state index in [4.69, 9.17) is 16.3 Å². The number of hydrogen-bond acceptors (Lipinski definition) is 3. The minimum Gasteiger partial charge on any atom is -0.461 e. The van der Waals surface area contributed by atoms with E-state index in [1.807, 2.05) is 42.5 Å². The highest BCUT2D eigenvalue weighted by Gasteiger charge is 2.21. The highest BCUT2D eigenvalue weighted by Crippen LogP contribution is 2.29. The van der Waals surface area contributed by atoms with E-state index < -0.39 is 5.97 Å². The molecule has 0 aliphatic heterocycles. The van der Waals surface area contributed by atoms with Crippen LogP contribution in [0.4, 0.5) is 0 Å². The van der Waals surface area contributed by atoms with E-state index in [2.05, 4.69) is 19.9 Å². The van der Waals surface area contributed by atoms with Crippen molar-refractivity contribution in [1.29, 1.82) is 5.26 Å². The molecule has 0 spiro atoms.